The monoisotopic (exact) mass is 280 g/mol. The Morgan fingerprint density at radius 2 is 1.86 bits per heavy atom. The summed E-state index contributed by atoms with van der Waals surface area (Å²) in [6, 6.07) is 15.2. The van der Waals surface area contributed by atoms with E-state index in [1.165, 1.54) is 17.2 Å². The van der Waals surface area contributed by atoms with Gasteiger partial charge in [0.05, 0.1) is 11.7 Å². The highest BCUT2D eigenvalue weighted by molar-refractivity contribution is 5.59. The first-order valence-electron chi connectivity index (χ1n) is 7.24. The molecule has 0 radical (unpaired) electrons. The highest BCUT2D eigenvalue weighted by Gasteiger charge is 2.25. The van der Waals surface area contributed by atoms with Gasteiger partial charge in [0, 0.05) is 0 Å². The number of hydrogen-bond acceptors (Lipinski definition) is 2. The third-order valence-corrected chi connectivity index (χ3v) is 4.25. The van der Waals surface area contributed by atoms with Gasteiger partial charge in [-0.25, -0.2) is 4.39 Å². The minimum atomic E-state index is -0.472. The first kappa shape index (κ1) is 13.6. The second-order valence-corrected chi connectivity index (χ2v) is 5.58. The molecule has 0 bridgehead atoms. The van der Waals surface area contributed by atoms with Crippen molar-refractivity contribution in [3.8, 4) is 6.07 Å². The van der Waals surface area contributed by atoms with E-state index in [0.717, 1.165) is 12.8 Å². The Bertz CT molecular complexity index is 703. The average molecular weight is 280 g/mol. The number of hydrogen-bond donors (Lipinski definition) is 1. The van der Waals surface area contributed by atoms with Crippen LogP contribution < -0.4 is 5.32 Å². The zero-order valence-corrected chi connectivity index (χ0v) is 11.9. The Kier molecular flexibility index (Phi) is 3.62. The summed E-state index contributed by atoms with van der Waals surface area (Å²) < 4.78 is 13.7. The van der Waals surface area contributed by atoms with Gasteiger partial charge in [-0.15, -0.1) is 0 Å². The molecular weight excluding hydrogens is 263 g/mol. The maximum Gasteiger partial charge on any atom is 0.143 e. The van der Waals surface area contributed by atoms with Gasteiger partial charge < -0.3 is 5.32 Å². The zero-order chi connectivity index (χ0) is 14.8. The van der Waals surface area contributed by atoms with E-state index in [2.05, 4.69) is 30.4 Å². The Morgan fingerprint density at radius 3 is 2.62 bits per heavy atom. The first-order valence-corrected chi connectivity index (χ1v) is 7.24. The van der Waals surface area contributed by atoms with Gasteiger partial charge in [0.1, 0.15) is 17.4 Å². The molecular formula is C18H17FN2. The van der Waals surface area contributed by atoms with Crippen molar-refractivity contribution in [2.75, 3.05) is 5.32 Å². The molecule has 2 nitrogen and oxygen atoms in total. The Morgan fingerprint density at radius 1 is 1.10 bits per heavy atom. The predicted octanol–water partition coefficient (Wildman–Crippen LogP) is 4.75. The summed E-state index contributed by atoms with van der Waals surface area (Å²) >= 11 is 0. The molecule has 1 aliphatic carbocycles. The fraction of sp³-hybridized carbons (Fsp3) is 0.278. The maximum atomic E-state index is 13.7. The molecule has 0 heterocycles. The molecule has 1 N–H and O–H groups in total. The van der Waals surface area contributed by atoms with Gasteiger partial charge in [0.2, 0.25) is 0 Å². The lowest BCUT2D eigenvalue weighted by Crippen LogP contribution is -2.19. The van der Waals surface area contributed by atoms with Crippen LogP contribution in [0.5, 0.6) is 0 Å². The standard InChI is InChI=1S/C18H17FN2/c1-12-9-10-18(14-6-3-2-5-13(12)14)21-17-8-4-7-16(19)15(17)11-20/h2-8,12,18,21H,9-10H2,1H3. The van der Waals surface area contributed by atoms with Crippen LogP contribution >= 0.6 is 0 Å². The summed E-state index contributed by atoms with van der Waals surface area (Å²) in [5, 5.41) is 12.5. The van der Waals surface area contributed by atoms with Crippen LogP contribution in [0.2, 0.25) is 0 Å². The SMILES string of the molecule is CC1CCC(Nc2cccc(F)c2C#N)c2ccccc21. The van der Waals surface area contributed by atoms with Crippen molar-refractivity contribution in [3.63, 3.8) is 0 Å². The van der Waals surface area contributed by atoms with Gasteiger partial charge in [-0.05, 0) is 42.0 Å². The van der Waals surface area contributed by atoms with E-state index in [1.807, 2.05) is 12.1 Å². The third kappa shape index (κ3) is 2.50. The molecule has 21 heavy (non-hydrogen) atoms. The average Bonchev–Trinajstić information content (AvgIpc) is 2.51. The van der Waals surface area contributed by atoms with E-state index >= 15 is 0 Å². The Labute approximate surface area is 124 Å². The number of anilines is 1. The molecule has 2 aromatic rings. The van der Waals surface area contributed by atoms with Gasteiger partial charge in [-0.1, -0.05) is 37.3 Å². The van der Waals surface area contributed by atoms with Gasteiger partial charge in [-0.3, -0.25) is 0 Å². The summed E-state index contributed by atoms with van der Waals surface area (Å²) in [6.07, 6.45) is 2.07. The molecule has 0 aromatic heterocycles. The van der Waals surface area contributed by atoms with Gasteiger partial charge in [0.25, 0.3) is 0 Å². The van der Waals surface area contributed by atoms with Crippen LogP contribution in [0.1, 0.15) is 48.4 Å². The molecule has 0 fully saturated rings. The highest BCUT2D eigenvalue weighted by Crippen LogP contribution is 2.39. The van der Waals surface area contributed by atoms with Crippen LogP contribution in [0, 0.1) is 17.1 Å². The molecule has 3 rings (SSSR count). The van der Waals surface area contributed by atoms with E-state index in [4.69, 9.17) is 5.26 Å². The summed E-state index contributed by atoms with van der Waals surface area (Å²) in [5.41, 5.74) is 3.26. The van der Waals surface area contributed by atoms with Gasteiger partial charge in [-0.2, -0.15) is 5.26 Å². The van der Waals surface area contributed by atoms with E-state index in [1.54, 1.807) is 12.1 Å². The fourth-order valence-corrected chi connectivity index (χ4v) is 3.10. The normalized spacial score (nSPS) is 20.4. The van der Waals surface area contributed by atoms with Crippen LogP contribution in [-0.2, 0) is 0 Å². The summed E-state index contributed by atoms with van der Waals surface area (Å²) in [7, 11) is 0. The minimum Gasteiger partial charge on any atom is -0.377 e. The molecule has 0 saturated carbocycles. The number of fused-ring (bicyclic) bond motifs is 1. The fourth-order valence-electron chi connectivity index (χ4n) is 3.10. The highest BCUT2D eigenvalue weighted by atomic mass is 19.1. The van der Waals surface area contributed by atoms with Crippen molar-refractivity contribution in [1.82, 2.24) is 0 Å². The molecule has 0 saturated heterocycles. The molecule has 0 amide bonds. The summed E-state index contributed by atoms with van der Waals surface area (Å²) in [4.78, 5) is 0. The van der Waals surface area contributed by atoms with Crippen LogP contribution in [-0.4, -0.2) is 0 Å². The van der Waals surface area contributed by atoms with E-state index in [9.17, 15) is 4.39 Å². The molecule has 0 aliphatic heterocycles. The second-order valence-electron chi connectivity index (χ2n) is 5.58. The van der Waals surface area contributed by atoms with Crippen molar-refractivity contribution >= 4 is 5.69 Å². The topological polar surface area (TPSA) is 35.8 Å². The van der Waals surface area contributed by atoms with E-state index in [-0.39, 0.29) is 11.6 Å². The lowest BCUT2D eigenvalue weighted by atomic mass is 9.81. The lowest BCUT2D eigenvalue weighted by molar-refractivity contribution is 0.534. The van der Waals surface area contributed by atoms with Crippen LogP contribution in [0.3, 0.4) is 0 Å². The minimum absolute atomic E-state index is 0.0913. The predicted molar refractivity (Wildman–Crippen MR) is 81.6 cm³/mol. The summed E-state index contributed by atoms with van der Waals surface area (Å²) in [5.74, 6) is 0.0714. The zero-order valence-electron chi connectivity index (χ0n) is 11.9. The molecule has 2 aromatic carbocycles. The number of nitrogens with one attached hydrogen (secondary N) is 1. The third-order valence-electron chi connectivity index (χ3n) is 4.25. The van der Waals surface area contributed by atoms with Crippen molar-refractivity contribution < 1.29 is 4.39 Å². The van der Waals surface area contributed by atoms with E-state index in [0.29, 0.717) is 11.6 Å². The van der Waals surface area contributed by atoms with Crippen LogP contribution in [0.4, 0.5) is 10.1 Å². The molecule has 0 spiro atoms. The lowest BCUT2D eigenvalue weighted by Gasteiger charge is -2.31. The molecule has 2 unspecified atom stereocenters. The van der Waals surface area contributed by atoms with E-state index < -0.39 is 5.82 Å². The quantitative estimate of drug-likeness (QED) is 0.861. The van der Waals surface area contributed by atoms with Crippen molar-refractivity contribution in [2.45, 2.75) is 31.7 Å². The maximum absolute atomic E-state index is 13.7. The number of nitriles is 1. The van der Waals surface area contributed by atoms with Crippen LogP contribution in [0.15, 0.2) is 42.5 Å². The Balaban J connectivity index is 1.96. The second kappa shape index (κ2) is 5.57. The first-order chi connectivity index (χ1) is 10.2. The van der Waals surface area contributed by atoms with Crippen molar-refractivity contribution in [3.05, 3.63) is 65.0 Å². The molecule has 2 atom stereocenters. The van der Waals surface area contributed by atoms with Crippen molar-refractivity contribution in [2.24, 2.45) is 0 Å². The van der Waals surface area contributed by atoms with Gasteiger partial charge >= 0.3 is 0 Å². The summed E-state index contributed by atoms with van der Waals surface area (Å²) in [6.45, 7) is 2.23. The number of nitrogens with zero attached hydrogens (tertiary/aromatic N) is 1. The Hall–Kier alpha value is -2.34. The van der Waals surface area contributed by atoms with Crippen LogP contribution in [0.25, 0.3) is 0 Å². The molecule has 106 valence electrons. The smallest absolute Gasteiger partial charge is 0.143 e. The van der Waals surface area contributed by atoms with Gasteiger partial charge in [0.15, 0.2) is 0 Å². The molecule has 3 heteroatoms. The number of halogens is 1. The number of rotatable bonds is 2. The largest absolute Gasteiger partial charge is 0.377 e. The van der Waals surface area contributed by atoms with Crippen molar-refractivity contribution in [1.29, 1.82) is 5.26 Å². The molecule has 1 aliphatic rings. The number of benzene rings is 2.